The lowest BCUT2D eigenvalue weighted by Crippen LogP contribution is -2.12. The Kier molecular flexibility index (Phi) is 3.77. The van der Waals surface area contributed by atoms with Crippen molar-refractivity contribution in [3.8, 4) is 0 Å². The fourth-order valence-electron chi connectivity index (χ4n) is 1.59. The average molecular weight is 316 g/mol. The predicted molar refractivity (Wildman–Crippen MR) is 72.5 cm³/mol. The number of aromatic nitrogens is 3. The quantitative estimate of drug-likeness (QED) is 0.862. The van der Waals surface area contributed by atoms with Crippen molar-refractivity contribution in [2.45, 2.75) is 24.8 Å². The molecule has 0 aliphatic carbocycles. The summed E-state index contributed by atoms with van der Waals surface area (Å²) in [6.45, 7) is 3.53. The van der Waals surface area contributed by atoms with Crippen LogP contribution in [0.25, 0.3) is 0 Å². The predicted octanol–water partition coefficient (Wildman–Crippen LogP) is 1.42. The molecule has 0 spiro atoms. The van der Waals surface area contributed by atoms with E-state index in [0.717, 1.165) is 17.4 Å². The first kappa shape index (κ1) is 14.5. The molecular formula is C10H12N4O4S2. The van der Waals surface area contributed by atoms with Gasteiger partial charge in [-0.1, -0.05) is 11.3 Å². The Morgan fingerprint density at radius 2 is 2.20 bits per heavy atom. The van der Waals surface area contributed by atoms with Gasteiger partial charge in [-0.05, 0) is 19.9 Å². The first-order chi connectivity index (χ1) is 9.31. The summed E-state index contributed by atoms with van der Waals surface area (Å²) in [5.74, 6) is -1.18. The summed E-state index contributed by atoms with van der Waals surface area (Å²) in [7, 11) is -3.88. The second kappa shape index (κ2) is 5.21. The maximum absolute atomic E-state index is 12.1. The molecule has 2 aromatic heterocycles. The number of anilines is 1. The summed E-state index contributed by atoms with van der Waals surface area (Å²) in [4.78, 5) is 11.0. The highest BCUT2D eigenvalue weighted by atomic mass is 32.2. The van der Waals surface area contributed by atoms with Crippen molar-refractivity contribution in [2.24, 2.45) is 0 Å². The zero-order valence-electron chi connectivity index (χ0n) is 10.6. The van der Waals surface area contributed by atoms with Crippen LogP contribution in [0.15, 0.2) is 22.7 Å². The Hall–Kier alpha value is -1.94. The minimum Gasteiger partial charge on any atom is -0.477 e. The van der Waals surface area contributed by atoms with Gasteiger partial charge < -0.3 is 9.67 Å². The fourth-order valence-corrected chi connectivity index (χ4v) is 3.31. The van der Waals surface area contributed by atoms with E-state index in [2.05, 4.69) is 14.9 Å². The monoisotopic (exact) mass is 316 g/mol. The van der Waals surface area contributed by atoms with Gasteiger partial charge in [0.15, 0.2) is 0 Å². The molecule has 0 atom stereocenters. The van der Waals surface area contributed by atoms with Gasteiger partial charge in [0.25, 0.3) is 10.0 Å². The summed E-state index contributed by atoms with van der Waals surface area (Å²) >= 11 is 1.03. The topological polar surface area (TPSA) is 114 Å². The van der Waals surface area contributed by atoms with Crippen molar-refractivity contribution < 1.29 is 18.3 Å². The first-order valence-electron chi connectivity index (χ1n) is 5.55. The first-order valence-corrected chi connectivity index (χ1v) is 7.91. The number of sulfonamides is 1. The van der Waals surface area contributed by atoms with Gasteiger partial charge in [0.2, 0.25) is 5.13 Å². The van der Waals surface area contributed by atoms with Crippen LogP contribution in [0.5, 0.6) is 0 Å². The molecule has 20 heavy (non-hydrogen) atoms. The molecular weight excluding hydrogens is 304 g/mol. The molecule has 0 bridgehead atoms. The van der Waals surface area contributed by atoms with Crippen molar-refractivity contribution >= 4 is 32.5 Å². The molecule has 0 aliphatic rings. The lowest BCUT2D eigenvalue weighted by atomic mass is 10.3. The molecule has 108 valence electrons. The van der Waals surface area contributed by atoms with Gasteiger partial charge in [-0.25, -0.2) is 13.2 Å². The third kappa shape index (κ3) is 2.80. The second-order valence-electron chi connectivity index (χ2n) is 4.22. The van der Waals surface area contributed by atoms with E-state index in [0.29, 0.717) is 0 Å². The molecule has 0 radical (unpaired) electrons. The minimum absolute atomic E-state index is 0.0855. The zero-order valence-corrected chi connectivity index (χ0v) is 12.3. The zero-order chi connectivity index (χ0) is 14.9. The lowest BCUT2D eigenvalue weighted by molar-refractivity contribution is 0.0683. The van der Waals surface area contributed by atoms with Gasteiger partial charge in [-0.2, -0.15) is 0 Å². The largest absolute Gasteiger partial charge is 0.477 e. The number of hydrogen-bond acceptors (Lipinski definition) is 6. The molecule has 2 aromatic rings. The van der Waals surface area contributed by atoms with E-state index in [1.54, 1.807) is 13.8 Å². The molecule has 2 rings (SSSR count). The smallest absolute Gasteiger partial charge is 0.352 e. The Bertz CT molecular complexity index is 719. The molecule has 0 amide bonds. The number of nitrogens with one attached hydrogen (secondary N) is 1. The van der Waals surface area contributed by atoms with Crippen LogP contribution >= 0.6 is 11.3 Å². The van der Waals surface area contributed by atoms with E-state index < -0.39 is 16.0 Å². The Balaban J connectivity index is 2.42. The second-order valence-corrected chi connectivity index (χ2v) is 6.73. The highest BCUT2D eigenvalue weighted by Crippen LogP contribution is 2.22. The Labute approximate surface area is 119 Å². The van der Waals surface area contributed by atoms with Gasteiger partial charge in [0.05, 0.1) is 0 Å². The Morgan fingerprint density at radius 1 is 1.50 bits per heavy atom. The van der Waals surface area contributed by atoms with Crippen LogP contribution < -0.4 is 4.72 Å². The number of hydrogen-bond donors (Lipinski definition) is 2. The van der Waals surface area contributed by atoms with E-state index >= 15 is 0 Å². The number of rotatable bonds is 5. The molecule has 10 heteroatoms. The van der Waals surface area contributed by atoms with Crippen LogP contribution in [0, 0.1) is 0 Å². The highest BCUT2D eigenvalue weighted by Gasteiger charge is 2.23. The number of nitrogens with zero attached hydrogens (tertiary/aromatic N) is 3. The van der Waals surface area contributed by atoms with Crippen LogP contribution in [0.3, 0.4) is 0 Å². The molecule has 0 aliphatic heterocycles. The van der Waals surface area contributed by atoms with E-state index in [-0.39, 0.29) is 21.8 Å². The van der Waals surface area contributed by atoms with Gasteiger partial charge in [0.1, 0.15) is 16.1 Å². The number of carboxylic acids is 1. The molecule has 0 unspecified atom stereocenters. The summed E-state index contributed by atoms with van der Waals surface area (Å²) < 4.78 is 27.9. The van der Waals surface area contributed by atoms with Crippen LogP contribution in [-0.2, 0) is 10.0 Å². The van der Waals surface area contributed by atoms with Gasteiger partial charge in [-0.3, -0.25) is 4.72 Å². The number of carbonyl (C=O) groups is 1. The minimum atomic E-state index is -3.88. The molecule has 2 heterocycles. The van der Waals surface area contributed by atoms with E-state index in [4.69, 9.17) is 5.11 Å². The maximum atomic E-state index is 12.1. The van der Waals surface area contributed by atoms with E-state index in [9.17, 15) is 13.2 Å². The van der Waals surface area contributed by atoms with Crippen molar-refractivity contribution in [3.63, 3.8) is 0 Å². The third-order valence-electron chi connectivity index (χ3n) is 2.49. The van der Waals surface area contributed by atoms with Gasteiger partial charge in [-0.15, -0.1) is 10.2 Å². The van der Waals surface area contributed by atoms with Crippen molar-refractivity contribution in [1.82, 2.24) is 14.8 Å². The number of aromatic carboxylic acids is 1. The van der Waals surface area contributed by atoms with Crippen LogP contribution in [0.2, 0.25) is 0 Å². The fraction of sp³-hybridized carbons (Fsp3) is 0.300. The van der Waals surface area contributed by atoms with Crippen LogP contribution in [0.1, 0.15) is 30.4 Å². The summed E-state index contributed by atoms with van der Waals surface area (Å²) in [5.41, 5.74) is 1.30. The molecule has 0 aromatic carbocycles. The SMILES string of the molecule is CC(C)n1cc(S(=O)(=O)Nc2nncs2)cc1C(=O)O. The lowest BCUT2D eigenvalue weighted by Gasteiger charge is -2.09. The molecule has 0 saturated carbocycles. The van der Waals surface area contributed by atoms with Crippen LogP contribution in [-0.4, -0.2) is 34.3 Å². The summed E-state index contributed by atoms with van der Waals surface area (Å²) in [5, 5.41) is 16.3. The van der Waals surface area contributed by atoms with Gasteiger partial charge in [0, 0.05) is 12.2 Å². The molecule has 0 fully saturated rings. The third-order valence-corrected chi connectivity index (χ3v) is 4.53. The van der Waals surface area contributed by atoms with E-state index in [1.807, 2.05) is 0 Å². The van der Waals surface area contributed by atoms with Crippen molar-refractivity contribution in [3.05, 3.63) is 23.5 Å². The van der Waals surface area contributed by atoms with Crippen molar-refractivity contribution in [1.29, 1.82) is 0 Å². The molecule has 2 N–H and O–H groups in total. The highest BCUT2D eigenvalue weighted by molar-refractivity contribution is 7.93. The standard InChI is InChI=1S/C10H12N4O4S2/c1-6(2)14-4-7(3-8(14)9(15)16)20(17,18)13-10-12-11-5-19-10/h3-6H,1-2H3,(H,12,13)(H,15,16). The Morgan fingerprint density at radius 3 is 2.65 bits per heavy atom. The summed E-state index contributed by atoms with van der Waals surface area (Å²) in [6.07, 6.45) is 1.29. The summed E-state index contributed by atoms with van der Waals surface area (Å²) in [6, 6.07) is 0.942. The molecule has 8 nitrogen and oxygen atoms in total. The molecule has 0 saturated heterocycles. The van der Waals surface area contributed by atoms with Gasteiger partial charge >= 0.3 is 5.97 Å². The average Bonchev–Trinajstić information content (AvgIpc) is 2.95. The van der Waals surface area contributed by atoms with Crippen molar-refractivity contribution in [2.75, 3.05) is 4.72 Å². The normalized spacial score (nSPS) is 11.8. The van der Waals surface area contributed by atoms with Crippen LogP contribution in [0.4, 0.5) is 5.13 Å². The maximum Gasteiger partial charge on any atom is 0.352 e. The van der Waals surface area contributed by atoms with E-state index in [1.165, 1.54) is 16.3 Å². The number of carboxylic acid groups (broad SMARTS) is 1.